The molecule has 38 heavy (non-hydrogen) atoms. The molecule has 198 valence electrons. The Hall–Kier alpha value is -2.95. The Bertz CT molecular complexity index is 1470. The maximum Gasteiger partial charge on any atom is 0.266 e. The molecular weight excluding hydrogens is 539 g/mol. The highest BCUT2D eigenvalue weighted by molar-refractivity contribution is 8.26. The van der Waals surface area contributed by atoms with Crippen LogP contribution in [0.1, 0.15) is 36.8 Å². The summed E-state index contributed by atoms with van der Waals surface area (Å²) in [5.74, 6) is 0.630. The van der Waals surface area contributed by atoms with Gasteiger partial charge in [-0.25, -0.2) is 8.42 Å². The summed E-state index contributed by atoms with van der Waals surface area (Å²) < 4.78 is 33.8. The maximum atomic E-state index is 13.6. The van der Waals surface area contributed by atoms with Crippen LogP contribution >= 0.6 is 24.0 Å². The van der Waals surface area contributed by atoms with Gasteiger partial charge in [0.2, 0.25) is 26.6 Å². The van der Waals surface area contributed by atoms with Crippen molar-refractivity contribution < 1.29 is 17.6 Å². The molecule has 2 fully saturated rings. The number of thiocarbonyl (C=S) groups is 1. The average Bonchev–Trinajstić information content (AvgIpc) is 3.45. The molecule has 0 saturated carbocycles. The maximum absolute atomic E-state index is 13.6. The van der Waals surface area contributed by atoms with Gasteiger partial charge < -0.3 is 9.32 Å². The van der Waals surface area contributed by atoms with E-state index in [0.717, 1.165) is 24.0 Å². The fourth-order valence-electron chi connectivity index (χ4n) is 4.48. The Kier molecular flexibility index (Phi) is 7.74. The second kappa shape index (κ2) is 11.0. The molecule has 0 N–H and O–H groups in total. The molecule has 0 bridgehead atoms. The summed E-state index contributed by atoms with van der Waals surface area (Å²) in [6.45, 7) is 5.90. The summed E-state index contributed by atoms with van der Waals surface area (Å²) in [5.41, 5.74) is 2.08. The first-order valence-corrected chi connectivity index (χ1v) is 15.3. The van der Waals surface area contributed by atoms with Crippen molar-refractivity contribution in [2.24, 2.45) is 5.92 Å². The van der Waals surface area contributed by atoms with Crippen LogP contribution < -0.4 is 4.90 Å². The van der Waals surface area contributed by atoms with Crippen LogP contribution in [0.5, 0.6) is 0 Å². The van der Waals surface area contributed by atoms with Crippen LogP contribution in [0.2, 0.25) is 0 Å². The van der Waals surface area contributed by atoms with Crippen molar-refractivity contribution in [1.82, 2.24) is 9.88 Å². The van der Waals surface area contributed by atoms with Crippen LogP contribution in [-0.4, -0.2) is 48.2 Å². The smallest absolute Gasteiger partial charge is 0.266 e. The molecule has 2 aromatic carbocycles. The molecule has 1 amide bonds. The normalized spacial score (nSPS) is 18.1. The number of piperidine rings is 1. The third-order valence-corrected chi connectivity index (χ3v) is 9.89. The third kappa shape index (κ3) is 5.57. The van der Waals surface area contributed by atoms with Crippen LogP contribution in [0.25, 0.3) is 6.08 Å². The lowest BCUT2D eigenvalue weighted by Gasteiger charge is -2.30. The molecule has 10 heteroatoms. The van der Waals surface area contributed by atoms with E-state index >= 15 is 0 Å². The minimum atomic E-state index is -3.94. The number of hydrogen-bond donors (Lipinski definition) is 0. The Morgan fingerprint density at radius 3 is 2.47 bits per heavy atom. The lowest BCUT2D eigenvalue weighted by atomic mass is 9.99. The number of rotatable bonds is 7. The molecule has 2 saturated heterocycles. The number of sulfone groups is 1. The van der Waals surface area contributed by atoms with Crippen LogP contribution in [0.15, 0.2) is 73.8 Å². The van der Waals surface area contributed by atoms with E-state index in [-0.39, 0.29) is 27.6 Å². The van der Waals surface area contributed by atoms with Gasteiger partial charge in [-0.15, -0.1) is 0 Å². The van der Waals surface area contributed by atoms with Crippen molar-refractivity contribution in [3.05, 3.63) is 76.5 Å². The summed E-state index contributed by atoms with van der Waals surface area (Å²) >= 11 is 6.65. The number of carbonyl (C=O) groups excluding carboxylic acids is 1. The fraction of sp³-hybridized carbons (Fsp3) is 0.321. The predicted octanol–water partition coefficient (Wildman–Crippen LogP) is 5.50. The number of benzene rings is 2. The van der Waals surface area contributed by atoms with Gasteiger partial charge in [0.25, 0.3) is 5.91 Å². The van der Waals surface area contributed by atoms with E-state index in [1.165, 1.54) is 17.8 Å². The Morgan fingerprint density at radius 1 is 1.11 bits per heavy atom. The second-order valence-electron chi connectivity index (χ2n) is 9.72. The second-order valence-corrected chi connectivity index (χ2v) is 13.3. The van der Waals surface area contributed by atoms with Crippen molar-refractivity contribution in [3.8, 4) is 0 Å². The minimum absolute atomic E-state index is 0.0767. The molecule has 7 nitrogen and oxygen atoms in total. The monoisotopic (exact) mass is 567 g/mol. The molecule has 1 aromatic heterocycles. The fourth-order valence-corrected chi connectivity index (χ4v) is 7.08. The Labute approximate surface area is 232 Å². The highest BCUT2D eigenvalue weighted by Gasteiger charge is 2.35. The first kappa shape index (κ1) is 26.6. The standard InChI is InChI=1S/C28H29N3O4S3/c1-19-8-10-22(11-9-19)38(33,34)25-27(30-15-12-20(2)13-16-30)35-24(29-25)18-23-26(32)31(28(36)37-23)17-14-21-6-4-3-5-7-21/h3-11,18,20H,12-17H2,1-2H3. The number of aromatic nitrogens is 1. The number of hydrogen-bond acceptors (Lipinski definition) is 8. The number of amides is 1. The number of oxazole rings is 1. The Balaban J connectivity index is 1.45. The van der Waals surface area contributed by atoms with E-state index in [2.05, 4.69) is 11.9 Å². The summed E-state index contributed by atoms with van der Waals surface area (Å²) in [5, 5.41) is -0.123. The number of thioether (sulfide) groups is 1. The van der Waals surface area contributed by atoms with Gasteiger partial charge in [-0.05, 0) is 49.8 Å². The predicted molar refractivity (Wildman–Crippen MR) is 154 cm³/mol. The topological polar surface area (TPSA) is 83.7 Å². The lowest BCUT2D eigenvalue weighted by Crippen LogP contribution is -2.33. The molecule has 0 unspecified atom stereocenters. The van der Waals surface area contributed by atoms with Gasteiger partial charge in [0, 0.05) is 25.7 Å². The molecule has 3 heterocycles. The van der Waals surface area contributed by atoms with Crippen molar-refractivity contribution in [3.63, 3.8) is 0 Å². The number of aryl methyl sites for hydroxylation is 1. The van der Waals surface area contributed by atoms with Gasteiger partial charge in [-0.1, -0.05) is 78.9 Å². The Morgan fingerprint density at radius 2 is 1.79 bits per heavy atom. The lowest BCUT2D eigenvalue weighted by molar-refractivity contribution is -0.122. The van der Waals surface area contributed by atoms with Gasteiger partial charge in [0.05, 0.1) is 9.80 Å². The van der Waals surface area contributed by atoms with Crippen LogP contribution in [0, 0.1) is 12.8 Å². The molecule has 0 aliphatic carbocycles. The van der Waals surface area contributed by atoms with Crippen molar-refractivity contribution in [2.45, 2.75) is 43.0 Å². The van der Waals surface area contributed by atoms with E-state index in [9.17, 15) is 13.2 Å². The van der Waals surface area contributed by atoms with E-state index in [0.29, 0.717) is 41.2 Å². The number of carbonyl (C=O) groups is 1. The zero-order chi connectivity index (χ0) is 26.9. The van der Waals surface area contributed by atoms with E-state index in [4.69, 9.17) is 16.6 Å². The first-order chi connectivity index (χ1) is 18.2. The highest BCUT2D eigenvalue weighted by atomic mass is 32.2. The van der Waals surface area contributed by atoms with Crippen molar-refractivity contribution in [1.29, 1.82) is 0 Å². The van der Waals surface area contributed by atoms with Gasteiger partial charge in [-0.3, -0.25) is 9.69 Å². The SMILES string of the molecule is Cc1ccc(S(=O)(=O)c2nc(C=C3SC(=S)N(CCc4ccccc4)C3=O)oc2N2CCC(C)CC2)cc1. The van der Waals surface area contributed by atoms with E-state index in [1.54, 1.807) is 29.2 Å². The van der Waals surface area contributed by atoms with Crippen LogP contribution in [0.3, 0.4) is 0 Å². The van der Waals surface area contributed by atoms with Crippen LogP contribution in [0.4, 0.5) is 5.88 Å². The number of anilines is 1. The molecule has 0 radical (unpaired) electrons. The highest BCUT2D eigenvalue weighted by Crippen LogP contribution is 2.37. The van der Waals surface area contributed by atoms with E-state index < -0.39 is 9.84 Å². The first-order valence-electron chi connectivity index (χ1n) is 12.6. The van der Waals surface area contributed by atoms with Gasteiger partial charge >= 0.3 is 0 Å². The zero-order valence-electron chi connectivity index (χ0n) is 21.3. The van der Waals surface area contributed by atoms with Crippen LogP contribution in [-0.2, 0) is 21.1 Å². The summed E-state index contributed by atoms with van der Waals surface area (Å²) in [6.07, 6.45) is 4.04. The zero-order valence-corrected chi connectivity index (χ0v) is 23.7. The molecule has 0 spiro atoms. The quantitative estimate of drug-likeness (QED) is 0.274. The molecular formula is C28H29N3O4S3. The molecule has 0 atom stereocenters. The van der Waals surface area contributed by atoms with Gasteiger partial charge in [0.15, 0.2) is 0 Å². The van der Waals surface area contributed by atoms with E-state index in [1.807, 2.05) is 42.2 Å². The summed E-state index contributed by atoms with van der Waals surface area (Å²) in [6, 6.07) is 16.6. The molecule has 2 aliphatic heterocycles. The molecule has 5 rings (SSSR count). The van der Waals surface area contributed by atoms with Crippen molar-refractivity contribution >= 4 is 56.0 Å². The average molecular weight is 568 g/mol. The van der Waals surface area contributed by atoms with Crippen molar-refractivity contribution in [2.75, 3.05) is 24.5 Å². The van der Waals surface area contributed by atoms with Gasteiger partial charge in [0.1, 0.15) is 4.32 Å². The summed E-state index contributed by atoms with van der Waals surface area (Å²) in [7, 11) is -3.94. The molecule has 2 aliphatic rings. The number of nitrogens with zero attached hydrogens (tertiary/aromatic N) is 3. The summed E-state index contributed by atoms with van der Waals surface area (Å²) in [4.78, 5) is 21.6. The van der Waals surface area contributed by atoms with Gasteiger partial charge in [-0.2, -0.15) is 4.98 Å². The largest absolute Gasteiger partial charge is 0.420 e. The third-order valence-electron chi connectivity index (χ3n) is 6.85. The molecule has 3 aromatic rings. The minimum Gasteiger partial charge on any atom is -0.420 e.